The van der Waals surface area contributed by atoms with E-state index in [9.17, 15) is 0 Å². The Bertz CT molecular complexity index is 1080. The number of anilines is 1. The van der Waals surface area contributed by atoms with Gasteiger partial charge in [0.25, 0.3) is 0 Å². The second-order valence-corrected chi connectivity index (χ2v) is 7.79. The molecule has 31 heavy (non-hydrogen) atoms. The van der Waals surface area contributed by atoms with Gasteiger partial charge in [0.2, 0.25) is 5.88 Å². The number of pyridine rings is 1. The van der Waals surface area contributed by atoms with Crippen LogP contribution in [0.3, 0.4) is 0 Å². The molecule has 0 radical (unpaired) electrons. The van der Waals surface area contributed by atoms with Gasteiger partial charge in [-0.15, -0.1) is 0 Å². The van der Waals surface area contributed by atoms with Gasteiger partial charge in [-0.2, -0.15) is 0 Å². The zero-order valence-electron chi connectivity index (χ0n) is 18.9. The van der Waals surface area contributed by atoms with Crippen LogP contribution in [0.25, 0.3) is 11.3 Å². The average molecular weight is 419 g/mol. The Labute approximate surface area is 184 Å². The van der Waals surface area contributed by atoms with E-state index in [2.05, 4.69) is 50.1 Å². The van der Waals surface area contributed by atoms with Crippen LogP contribution in [0.4, 0.5) is 5.82 Å². The summed E-state index contributed by atoms with van der Waals surface area (Å²) >= 11 is 0. The minimum Gasteiger partial charge on any atom is -0.497 e. The molecule has 2 aromatic heterocycles. The first-order valence-corrected chi connectivity index (χ1v) is 11.0. The van der Waals surface area contributed by atoms with Crippen LogP contribution in [-0.2, 0) is 12.8 Å². The van der Waals surface area contributed by atoms with E-state index in [4.69, 9.17) is 19.4 Å². The summed E-state index contributed by atoms with van der Waals surface area (Å²) in [5.41, 5.74) is 6.17. The highest BCUT2D eigenvalue weighted by Gasteiger charge is 2.35. The van der Waals surface area contributed by atoms with E-state index in [0.717, 1.165) is 64.6 Å². The molecule has 2 atom stereocenters. The molecule has 0 saturated heterocycles. The lowest BCUT2D eigenvalue weighted by atomic mass is 10.0. The molecule has 0 fully saturated rings. The lowest BCUT2D eigenvalue weighted by Gasteiger charge is -2.22. The van der Waals surface area contributed by atoms with Crippen molar-refractivity contribution in [2.75, 3.05) is 12.4 Å². The van der Waals surface area contributed by atoms with Crippen LogP contribution in [0.15, 0.2) is 36.5 Å². The molecule has 1 N–H and O–H groups in total. The Hall–Kier alpha value is -3.15. The van der Waals surface area contributed by atoms with Crippen LogP contribution >= 0.6 is 0 Å². The second kappa shape index (κ2) is 8.92. The quantitative estimate of drug-likeness (QED) is 0.561. The molecule has 6 heteroatoms. The third-order valence-corrected chi connectivity index (χ3v) is 5.86. The van der Waals surface area contributed by atoms with Crippen molar-refractivity contribution >= 4 is 5.82 Å². The number of rotatable bonds is 7. The number of aromatic nitrogens is 3. The van der Waals surface area contributed by atoms with Crippen LogP contribution in [0.5, 0.6) is 11.6 Å². The maximum absolute atomic E-state index is 6.07. The normalized spacial score (nSPS) is 17.2. The molecular weight excluding hydrogens is 388 g/mol. The Morgan fingerprint density at radius 3 is 2.55 bits per heavy atom. The van der Waals surface area contributed by atoms with Gasteiger partial charge in [-0.25, -0.2) is 15.0 Å². The topological polar surface area (TPSA) is 69.2 Å². The highest BCUT2D eigenvalue weighted by atomic mass is 16.5. The molecule has 1 aliphatic heterocycles. The van der Waals surface area contributed by atoms with E-state index < -0.39 is 0 Å². The van der Waals surface area contributed by atoms with Crippen molar-refractivity contribution in [3.63, 3.8) is 0 Å². The fraction of sp³-hybridized carbons (Fsp3) is 0.400. The molecule has 0 aliphatic carbocycles. The van der Waals surface area contributed by atoms with Crippen molar-refractivity contribution in [1.29, 1.82) is 0 Å². The third-order valence-electron chi connectivity index (χ3n) is 5.86. The summed E-state index contributed by atoms with van der Waals surface area (Å²) < 4.78 is 11.4. The summed E-state index contributed by atoms with van der Waals surface area (Å²) in [6.45, 7) is 8.45. The minimum absolute atomic E-state index is 0.00609. The molecule has 0 unspecified atom stereocenters. The first-order valence-electron chi connectivity index (χ1n) is 11.0. The van der Waals surface area contributed by atoms with Gasteiger partial charge in [0.15, 0.2) is 0 Å². The van der Waals surface area contributed by atoms with Crippen molar-refractivity contribution in [2.45, 2.75) is 59.1 Å². The number of nitrogens with one attached hydrogen (secondary N) is 1. The third kappa shape index (κ3) is 3.94. The molecule has 0 saturated carbocycles. The number of fused-ring (bicyclic) bond motifs is 1. The van der Waals surface area contributed by atoms with Crippen molar-refractivity contribution in [3.05, 3.63) is 59.0 Å². The number of aryl methyl sites for hydroxylation is 3. The molecule has 0 spiro atoms. The molecule has 4 rings (SSSR count). The maximum Gasteiger partial charge on any atom is 0.219 e. The SMILES string of the molecule is CCc1nc(-c2ccc(OC)cc2C)c(CC)nc1N[C@H]1c2cccnc2O[C@@H]1CC. The van der Waals surface area contributed by atoms with Crippen molar-refractivity contribution in [1.82, 2.24) is 15.0 Å². The van der Waals surface area contributed by atoms with Gasteiger partial charge in [0.05, 0.1) is 30.2 Å². The zero-order chi connectivity index (χ0) is 22.0. The monoisotopic (exact) mass is 418 g/mol. The maximum atomic E-state index is 6.07. The summed E-state index contributed by atoms with van der Waals surface area (Å²) in [6.07, 6.45) is 4.25. The molecule has 3 heterocycles. The van der Waals surface area contributed by atoms with Crippen LogP contribution in [0, 0.1) is 6.92 Å². The van der Waals surface area contributed by atoms with E-state index in [-0.39, 0.29) is 12.1 Å². The van der Waals surface area contributed by atoms with Crippen molar-refractivity contribution < 1.29 is 9.47 Å². The minimum atomic E-state index is 0.00609. The van der Waals surface area contributed by atoms with Crippen LogP contribution in [0.2, 0.25) is 0 Å². The molecule has 1 aromatic carbocycles. The van der Waals surface area contributed by atoms with Gasteiger partial charge in [-0.3, -0.25) is 0 Å². The number of ether oxygens (including phenoxy) is 2. The van der Waals surface area contributed by atoms with Gasteiger partial charge in [0.1, 0.15) is 17.7 Å². The first-order chi connectivity index (χ1) is 15.1. The lowest BCUT2D eigenvalue weighted by Crippen LogP contribution is -2.25. The highest BCUT2D eigenvalue weighted by molar-refractivity contribution is 5.68. The van der Waals surface area contributed by atoms with E-state index >= 15 is 0 Å². The number of methoxy groups -OCH3 is 1. The smallest absolute Gasteiger partial charge is 0.219 e. The van der Waals surface area contributed by atoms with Gasteiger partial charge in [-0.05, 0) is 62.1 Å². The summed E-state index contributed by atoms with van der Waals surface area (Å²) in [5.74, 6) is 2.39. The van der Waals surface area contributed by atoms with Gasteiger partial charge in [0, 0.05) is 17.3 Å². The van der Waals surface area contributed by atoms with Crippen molar-refractivity contribution in [2.24, 2.45) is 0 Å². The summed E-state index contributed by atoms with van der Waals surface area (Å²) in [7, 11) is 1.69. The fourth-order valence-electron chi connectivity index (χ4n) is 4.15. The van der Waals surface area contributed by atoms with Gasteiger partial charge < -0.3 is 14.8 Å². The van der Waals surface area contributed by atoms with E-state index in [0.29, 0.717) is 5.88 Å². The van der Waals surface area contributed by atoms with E-state index in [1.54, 1.807) is 13.3 Å². The predicted octanol–water partition coefficient (Wildman–Crippen LogP) is 5.30. The Morgan fingerprint density at radius 1 is 1.06 bits per heavy atom. The number of benzene rings is 1. The molecule has 1 aliphatic rings. The average Bonchev–Trinajstić information content (AvgIpc) is 3.16. The van der Waals surface area contributed by atoms with E-state index in [1.807, 2.05) is 18.2 Å². The van der Waals surface area contributed by atoms with Crippen LogP contribution in [0.1, 0.15) is 55.7 Å². The zero-order valence-corrected chi connectivity index (χ0v) is 18.9. The number of hydrogen-bond donors (Lipinski definition) is 1. The number of hydrogen-bond acceptors (Lipinski definition) is 6. The molecular formula is C25H30N4O2. The summed E-state index contributed by atoms with van der Waals surface area (Å²) in [6, 6.07) is 10.1. The molecule has 6 nitrogen and oxygen atoms in total. The number of nitrogens with zero attached hydrogens (tertiary/aromatic N) is 3. The summed E-state index contributed by atoms with van der Waals surface area (Å²) in [4.78, 5) is 14.5. The first kappa shape index (κ1) is 21.1. The molecule has 3 aromatic rings. The Morgan fingerprint density at radius 2 is 1.87 bits per heavy atom. The van der Waals surface area contributed by atoms with Crippen LogP contribution < -0.4 is 14.8 Å². The molecule has 0 bridgehead atoms. The fourth-order valence-corrected chi connectivity index (χ4v) is 4.15. The van der Waals surface area contributed by atoms with Gasteiger partial charge in [-0.1, -0.05) is 20.8 Å². The lowest BCUT2D eigenvalue weighted by molar-refractivity contribution is 0.202. The second-order valence-electron chi connectivity index (χ2n) is 7.79. The van der Waals surface area contributed by atoms with Gasteiger partial charge >= 0.3 is 0 Å². The highest BCUT2D eigenvalue weighted by Crippen LogP contribution is 2.39. The Kier molecular flexibility index (Phi) is 6.07. The predicted molar refractivity (Wildman–Crippen MR) is 123 cm³/mol. The van der Waals surface area contributed by atoms with Crippen LogP contribution in [-0.4, -0.2) is 28.2 Å². The largest absolute Gasteiger partial charge is 0.497 e. The van der Waals surface area contributed by atoms with Crippen molar-refractivity contribution in [3.8, 4) is 22.9 Å². The molecule has 0 amide bonds. The van der Waals surface area contributed by atoms with E-state index in [1.165, 1.54) is 0 Å². The summed E-state index contributed by atoms with van der Waals surface area (Å²) in [5, 5.41) is 3.65. The standard InChI is InChI=1S/C25H30N4O2/c1-6-19-22(17-12-11-16(30-5)14-15(17)4)27-20(7-2)24(28-19)29-23-18-10-9-13-26-25(18)31-21(23)8-3/h9-14,21,23H,6-8H2,1-5H3,(H,28,29)/t21-,23+/m1/s1. The molecule has 162 valence electrons. The Balaban J connectivity index is 1.75.